The van der Waals surface area contributed by atoms with E-state index in [9.17, 15) is 24.9 Å². The van der Waals surface area contributed by atoms with Gasteiger partial charge < -0.3 is 20.1 Å². The van der Waals surface area contributed by atoms with Gasteiger partial charge in [0.05, 0.1) is 6.61 Å². The van der Waals surface area contributed by atoms with Crippen molar-refractivity contribution in [1.29, 1.82) is 0 Å². The fraction of sp³-hybridized carbons (Fsp3) is 0.684. The molecule has 5 unspecified atom stereocenters. The Bertz CT molecular complexity index is 734. The van der Waals surface area contributed by atoms with Gasteiger partial charge >= 0.3 is 5.97 Å². The molecule has 4 aliphatic rings. The number of hydrogen-bond acceptors (Lipinski definition) is 6. The molecule has 25 heavy (non-hydrogen) atoms. The summed E-state index contributed by atoms with van der Waals surface area (Å²) in [5.74, 6) is -0.863. The van der Waals surface area contributed by atoms with E-state index in [1.807, 2.05) is 6.92 Å². The Kier molecular flexibility index (Phi) is 3.48. The van der Waals surface area contributed by atoms with Crippen LogP contribution in [0, 0.1) is 22.7 Å². The first kappa shape index (κ1) is 16.8. The van der Waals surface area contributed by atoms with Crippen LogP contribution in [0.5, 0.6) is 0 Å². The monoisotopic (exact) mass is 348 g/mol. The molecule has 1 heterocycles. The molecule has 3 aliphatic carbocycles. The highest BCUT2D eigenvalue weighted by Gasteiger charge is 2.63. The van der Waals surface area contributed by atoms with E-state index in [1.165, 1.54) is 0 Å². The van der Waals surface area contributed by atoms with Crippen molar-refractivity contribution in [2.45, 2.75) is 52.2 Å². The van der Waals surface area contributed by atoms with Crippen molar-refractivity contribution in [2.75, 3.05) is 6.61 Å². The summed E-state index contributed by atoms with van der Waals surface area (Å²) in [7, 11) is 0. The van der Waals surface area contributed by atoms with Crippen molar-refractivity contribution < 1.29 is 29.6 Å². The number of cyclic esters (lactones) is 1. The van der Waals surface area contributed by atoms with Crippen LogP contribution < -0.4 is 0 Å². The number of esters is 1. The first-order valence-corrected chi connectivity index (χ1v) is 8.92. The SMILES string of the molecule is CC1=C(O)C(=O)CC2(C)C1CCC1(CO)C3=C(CCC12)C(=O)OC3O. The second-order valence-electron chi connectivity index (χ2n) is 8.28. The number of Topliss-reactive ketones (excluding diaryl/α,β-unsaturated/α-hetero) is 1. The van der Waals surface area contributed by atoms with Gasteiger partial charge in [0, 0.05) is 23.0 Å². The lowest BCUT2D eigenvalue weighted by atomic mass is 9.43. The smallest absolute Gasteiger partial charge is 0.336 e. The number of rotatable bonds is 1. The Labute approximate surface area is 146 Å². The van der Waals surface area contributed by atoms with E-state index >= 15 is 0 Å². The molecular formula is C19H24O6. The third-order valence-electron chi connectivity index (χ3n) is 7.38. The van der Waals surface area contributed by atoms with Crippen LogP contribution in [0.3, 0.4) is 0 Å². The van der Waals surface area contributed by atoms with Crippen LogP contribution >= 0.6 is 0 Å². The molecule has 1 fully saturated rings. The molecule has 1 saturated carbocycles. The molecule has 0 aromatic heterocycles. The molecule has 0 aromatic rings. The van der Waals surface area contributed by atoms with Gasteiger partial charge in [-0.3, -0.25) is 4.79 Å². The van der Waals surface area contributed by atoms with E-state index in [0.717, 1.165) is 5.57 Å². The normalized spacial score (nSPS) is 43.6. The zero-order chi connectivity index (χ0) is 18.1. The molecule has 6 nitrogen and oxygen atoms in total. The average Bonchev–Trinajstić information content (AvgIpc) is 2.87. The average molecular weight is 348 g/mol. The lowest BCUT2D eigenvalue weighted by Crippen LogP contribution is -2.57. The third-order valence-corrected chi connectivity index (χ3v) is 7.38. The summed E-state index contributed by atoms with van der Waals surface area (Å²) >= 11 is 0. The summed E-state index contributed by atoms with van der Waals surface area (Å²) in [5, 5.41) is 30.8. The van der Waals surface area contributed by atoms with Crippen molar-refractivity contribution in [3.8, 4) is 0 Å². The highest BCUT2D eigenvalue weighted by molar-refractivity contribution is 5.95. The van der Waals surface area contributed by atoms with Gasteiger partial charge in [-0.15, -0.1) is 0 Å². The molecule has 0 saturated heterocycles. The Hall–Kier alpha value is -1.66. The molecular weight excluding hydrogens is 324 g/mol. The van der Waals surface area contributed by atoms with Gasteiger partial charge in [0.1, 0.15) is 0 Å². The third kappa shape index (κ3) is 1.92. The van der Waals surface area contributed by atoms with Crippen molar-refractivity contribution in [1.82, 2.24) is 0 Å². The van der Waals surface area contributed by atoms with Crippen LogP contribution in [0.2, 0.25) is 0 Å². The van der Waals surface area contributed by atoms with E-state index < -0.39 is 23.1 Å². The minimum atomic E-state index is -1.30. The van der Waals surface area contributed by atoms with Gasteiger partial charge in [0.15, 0.2) is 11.5 Å². The minimum Gasteiger partial charge on any atom is -0.504 e. The van der Waals surface area contributed by atoms with Gasteiger partial charge in [-0.25, -0.2) is 4.79 Å². The number of ketones is 1. The number of allylic oxidation sites excluding steroid dienone is 2. The zero-order valence-electron chi connectivity index (χ0n) is 14.5. The van der Waals surface area contributed by atoms with Gasteiger partial charge in [-0.2, -0.15) is 0 Å². The molecule has 4 rings (SSSR count). The van der Waals surface area contributed by atoms with Crippen LogP contribution in [0.15, 0.2) is 22.5 Å². The van der Waals surface area contributed by atoms with E-state index in [4.69, 9.17) is 4.74 Å². The fourth-order valence-corrected chi connectivity index (χ4v) is 6.32. The predicted molar refractivity (Wildman–Crippen MR) is 87.2 cm³/mol. The molecule has 0 spiro atoms. The molecule has 1 aliphatic heterocycles. The summed E-state index contributed by atoms with van der Waals surface area (Å²) in [5.41, 5.74) is 0.595. The van der Waals surface area contributed by atoms with Gasteiger partial charge in [0.2, 0.25) is 6.29 Å². The maximum absolute atomic E-state index is 12.4. The van der Waals surface area contributed by atoms with Crippen molar-refractivity contribution in [2.24, 2.45) is 22.7 Å². The molecule has 0 bridgehead atoms. The van der Waals surface area contributed by atoms with Crippen molar-refractivity contribution in [3.05, 3.63) is 22.5 Å². The number of carbonyl (C=O) groups is 2. The first-order valence-electron chi connectivity index (χ1n) is 8.92. The molecule has 5 atom stereocenters. The van der Waals surface area contributed by atoms with Crippen LogP contribution in [0.4, 0.5) is 0 Å². The van der Waals surface area contributed by atoms with Crippen LogP contribution in [-0.4, -0.2) is 40.0 Å². The zero-order valence-corrected chi connectivity index (χ0v) is 14.5. The summed E-state index contributed by atoms with van der Waals surface area (Å²) in [6.07, 6.45) is 1.36. The predicted octanol–water partition coefficient (Wildman–Crippen LogP) is 1.77. The summed E-state index contributed by atoms with van der Waals surface area (Å²) in [6, 6.07) is 0. The summed E-state index contributed by atoms with van der Waals surface area (Å²) in [4.78, 5) is 24.4. The number of aliphatic hydroxyl groups is 3. The number of hydrogen-bond donors (Lipinski definition) is 3. The van der Waals surface area contributed by atoms with Crippen LogP contribution in [0.1, 0.15) is 46.0 Å². The van der Waals surface area contributed by atoms with Gasteiger partial charge in [0.25, 0.3) is 0 Å². The highest BCUT2D eigenvalue weighted by atomic mass is 16.6. The summed E-state index contributed by atoms with van der Waals surface area (Å²) < 4.78 is 5.03. The Morgan fingerprint density at radius 1 is 1.28 bits per heavy atom. The maximum Gasteiger partial charge on any atom is 0.336 e. The topological polar surface area (TPSA) is 104 Å². The molecule has 3 N–H and O–H groups in total. The van der Waals surface area contributed by atoms with Crippen molar-refractivity contribution >= 4 is 11.8 Å². The summed E-state index contributed by atoms with van der Waals surface area (Å²) in [6.45, 7) is 3.68. The highest BCUT2D eigenvalue weighted by Crippen LogP contribution is 2.66. The van der Waals surface area contributed by atoms with E-state index in [2.05, 4.69) is 6.92 Å². The Balaban J connectivity index is 1.86. The molecule has 136 valence electrons. The van der Waals surface area contributed by atoms with E-state index in [0.29, 0.717) is 36.8 Å². The van der Waals surface area contributed by atoms with Crippen LogP contribution in [0.25, 0.3) is 0 Å². The second-order valence-corrected chi connectivity index (χ2v) is 8.28. The van der Waals surface area contributed by atoms with E-state index in [-0.39, 0.29) is 36.4 Å². The van der Waals surface area contributed by atoms with Crippen LogP contribution in [-0.2, 0) is 14.3 Å². The van der Waals surface area contributed by atoms with E-state index in [1.54, 1.807) is 0 Å². The van der Waals surface area contributed by atoms with Gasteiger partial charge in [-0.05, 0) is 55.4 Å². The number of aliphatic hydroxyl groups excluding tert-OH is 3. The molecule has 0 aromatic carbocycles. The Morgan fingerprint density at radius 3 is 2.68 bits per heavy atom. The number of carbonyl (C=O) groups excluding carboxylic acids is 2. The largest absolute Gasteiger partial charge is 0.504 e. The Morgan fingerprint density at radius 2 is 2.00 bits per heavy atom. The molecule has 0 amide bonds. The van der Waals surface area contributed by atoms with Gasteiger partial charge in [-0.1, -0.05) is 6.92 Å². The quantitative estimate of drug-likeness (QED) is 0.624. The standard InChI is InChI=1S/C19H24O6/c1-9-11-5-6-19(8-20)13(18(11,2)7-12(21)15(9)22)4-3-10-14(19)17(24)25-16(10)23/h11,13,17,20,22,24H,3-8H2,1-2H3. The number of ether oxygens (including phenoxy) is 1. The molecule has 6 heteroatoms. The first-order chi connectivity index (χ1) is 11.8. The van der Waals surface area contributed by atoms with Crippen molar-refractivity contribution in [3.63, 3.8) is 0 Å². The lowest BCUT2D eigenvalue weighted by molar-refractivity contribution is -0.155. The number of fused-ring (bicyclic) bond motifs is 4. The second kappa shape index (κ2) is 5.17. The minimum absolute atomic E-state index is 0.0568. The fourth-order valence-electron chi connectivity index (χ4n) is 6.32. The maximum atomic E-state index is 12.4. The molecule has 0 radical (unpaired) electrons. The lowest BCUT2D eigenvalue weighted by Gasteiger charge is -2.60.